The van der Waals surface area contributed by atoms with Crippen LogP contribution < -0.4 is 0 Å². The standard InChI is InChI=1S/C33H67N/c1-7-9-11-13-20-24-29-34(30-25-21-14-12-10-8-2)31-27-32(3)26-22-18-16-15-17-19-23-28-33(4,5)6/h3,7-31H2,1-2,4-6H3. The minimum Gasteiger partial charge on any atom is -0.303 e. The van der Waals surface area contributed by atoms with Gasteiger partial charge in [0.05, 0.1) is 0 Å². The van der Waals surface area contributed by atoms with Crippen molar-refractivity contribution in [3.63, 3.8) is 0 Å². The number of hydrogen-bond acceptors (Lipinski definition) is 1. The van der Waals surface area contributed by atoms with Crippen molar-refractivity contribution in [2.45, 2.75) is 176 Å². The Kier molecular flexibility index (Phi) is 24.2. The second kappa shape index (κ2) is 24.4. The first kappa shape index (κ1) is 33.7. The summed E-state index contributed by atoms with van der Waals surface area (Å²) in [4.78, 5) is 2.77. The van der Waals surface area contributed by atoms with Crippen molar-refractivity contribution in [3.8, 4) is 0 Å². The molecule has 0 radical (unpaired) electrons. The fourth-order valence-corrected chi connectivity index (χ4v) is 4.92. The van der Waals surface area contributed by atoms with Crippen LogP contribution in [0.15, 0.2) is 12.2 Å². The summed E-state index contributed by atoms with van der Waals surface area (Å²) in [5, 5.41) is 0. The van der Waals surface area contributed by atoms with Crippen LogP contribution in [0.5, 0.6) is 0 Å². The molecule has 0 aromatic heterocycles. The lowest BCUT2D eigenvalue weighted by molar-refractivity contribution is 0.262. The van der Waals surface area contributed by atoms with Crippen LogP contribution in [0.4, 0.5) is 0 Å². The van der Waals surface area contributed by atoms with Gasteiger partial charge >= 0.3 is 0 Å². The van der Waals surface area contributed by atoms with Crippen molar-refractivity contribution in [3.05, 3.63) is 12.2 Å². The van der Waals surface area contributed by atoms with E-state index in [0.717, 1.165) is 0 Å². The molecule has 0 unspecified atom stereocenters. The SMILES string of the molecule is C=C(CCCCCCCCCC(C)(C)C)CCN(CCCCCCCC)CCCCCCCC. The molecule has 0 aliphatic carbocycles. The van der Waals surface area contributed by atoms with Gasteiger partial charge in [0, 0.05) is 6.54 Å². The zero-order chi connectivity index (χ0) is 25.3. The van der Waals surface area contributed by atoms with E-state index >= 15 is 0 Å². The fourth-order valence-electron chi connectivity index (χ4n) is 4.92. The summed E-state index contributed by atoms with van der Waals surface area (Å²) in [5.74, 6) is 0. The van der Waals surface area contributed by atoms with Crippen LogP contribution >= 0.6 is 0 Å². The molecule has 204 valence electrons. The maximum atomic E-state index is 4.44. The van der Waals surface area contributed by atoms with E-state index in [1.807, 2.05) is 0 Å². The number of hydrogen-bond donors (Lipinski definition) is 0. The molecular weight excluding hydrogens is 410 g/mol. The highest BCUT2D eigenvalue weighted by molar-refractivity contribution is 4.94. The zero-order valence-corrected chi connectivity index (χ0v) is 24.8. The molecular formula is C33H67N. The van der Waals surface area contributed by atoms with Crippen LogP contribution in [0.3, 0.4) is 0 Å². The lowest BCUT2D eigenvalue weighted by atomic mass is 9.89. The first-order valence-electron chi connectivity index (χ1n) is 15.8. The molecule has 0 aliphatic rings. The van der Waals surface area contributed by atoms with Gasteiger partial charge in [-0.1, -0.05) is 150 Å². The van der Waals surface area contributed by atoms with Crippen LogP contribution in [0.25, 0.3) is 0 Å². The van der Waals surface area contributed by atoms with E-state index in [4.69, 9.17) is 0 Å². The van der Waals surface area contributed by atoms with E-state index in [1.54, 1.807) is 0 Å². The monoisotopic (exact) mass is 478 g/mol. The topological polar surface area (TPSA) is 3.24 Å². The molecule has 0 N–H and O–H groups in total. The van der Waals surface area contributed by atoms with Crippen molar-refractivity contribution in [1.29, 1.82) is 0 Å². The smallest absolute Gasteiger partial charge is 0.00185 e. The van der Waals surface area contributed by atoms with E-state index < -0.39 is 0 Å². The highest BCUT2D eigenvalue weighted by Crippen LogP contribution is 2.23. The Balaban J connectivity index is 3.91. The van der Waals surface area contributed by atoms with Gasteiger partial charge in [-0.2, -0.15) is 0 Å². The summed E-state index contributed by atoms with van der Waals surface area (Å²) in [6.45, 7) is 20.0. The molecule has 0 bridgehead atoms. The van der Waals surface area contributed by atoms with Gasteiger partial charge in [0.15, 0.2) is 0 Å². The average molecular weight is 478 g/mol. The van der Waals surface area contributed by atoms with E-state index in [1.165, 1.54) is 166 Å². The molecule has 0 saturated heterocycles. The normalized spacial score (nSPS) is 12.1. The van der Waals surface area contributed by atoms with E-state index in [2.05, 4.69) is 46.1 Å². The largest absolute Gasteiger partial charge is 0.303 e. The molecule has 0 spiro atoms. The molecule has 0 amide bonds. The average Bonchev–Trinajstić information content (AvgIpc) is 2.79. The Morgan fingerprint density at radius 3 is 1.38 bits per heavy atom. The first-order chi connectivity index (χ1) is 16.4. The summed E-state index contributed by atoms with van der Waals surface area (Å²) >= 11 is 0. The Bertz CT molecular complexity index is 403. The third-order valence-electron chi connectivity index (χ3n) is 7.39. The van der Waals surface area contributed by atoms with Gasteiger partial charge in [0.1, 0.15) is 0 Å². The lowest BCUT2D eigenvalue weighted by Crippen LogP contribution is -2.27. The van der Waals surface area contributed by atoms with E-state index in [9.17, 15) is 0 Å². The summed E-state index contributed by atoms with van der Waals surface area (Å²) in [6.07, 6.45) is 30.6. The van der Waals surface area contributed by atoms with Crippen LogP contribution in [0.2, 0.25) is 0 Å². The second-order valence-electron chi connectivity index (χ2n) is 12.4. The molecule has 0 aromatic carbocycles. The summed E-state index contributed by atoms with van der Waals surface area (Å²) in [7, 11) is 0. The van der Waals surface area contributed by atoms with Gasteiger partial charge in [-0.15, -0.1) is 0 Å². The first-order valence-corrected chi connectivity index (χ1v) is 15.8. The van der Waals surface area contributed by atoms with E-state index in [0.29, 0.717) is 5.41 Å². The molecule has 1 nitrogen and oxygen atoms in total. The van der Waals surface area contributed by atoms with Crippen molar-refractivity contribution >= 4 is 0 Å². The van der Waals surface area contributed by atoms with Gasteiger partial charge in [-0.05, 0) is 57.0 Å². The maximum Gasteiger partial charge on any atom is 0.00185 e. The Labute approximate surface area is 217 Å². The van der Waals surface area contributed by atoms with E-state index in [-0.39, 0.29) is 0 Å². The summed E-state index contributed by atoms with van der Waals surface area (Å²) < 4.78 is 0. The predicted octanol–water partition coefficient (Wildman–Crippen LogP) is 11.5. The van der Waals surface area contributed by atoms with Crippen molar-refractivity contribution < 1.29 is 0 Å². The van der Waals surface area contributed by atoms with Crippen LogP contribution in [-0.2, 0) is 0 Å². The number of rotatable bonds is 26. The second-order valence-corrected chi connectivity index (χ2v) is 12.4. The molecule has 0 aliphatic heterocycles. The molecule has 0 aromatic rings. The molecule has 0 atom stereocenters. The van der Waals surface area contributed by atoms with Crippen LogP contribution in [0.1, 0.15) is 176 Å². The van der Waals surface area contributed by atoms with Gasteiger partial charge in [0.2, 0.25) is 0 Å². The third-order valence-corrected chi connectivity index (χ3v) is 7.39. The molecule has 34 heavy (non-hydrogen) atoms. The van der Waals surface area contributed by atoms with Crippen LogP contribution in [-0.4, -0.2) is 24.5 Å². The number of unbranched alkanes of at least 4 members (excludes halogenated alkanes) is 16. The minimum absolute atomic E-state index is 0.513. The molecule has 1 heteroatoms. The number of nitrogens with zero attached hydrogens (tertiary/aromatic N) is 1. The van der Waals surface area contributed by atoms with Gasteiger partial charge in [-0.3, -0.25) is 0 Å². The van der Waals surface area contributed by atoms with Crippen molar-refractivity contribution in [2.75, 3.05) is 19.6 Å². The summed E-state index contributed by atoms with van der Waals surface area (Å²) in [5.41, 5.74) is 2.01. The van der Waals surface area contributed by atoms with Crippen molar-refractivity contribution in [2.24, 2.45) is 5.41 Å². The third kappa shape index (κ3) is 26.3. The summed E-state index contributed by atoms with van der Waals surface area (Å²) in [6, 6.07) is 0. The molecule has 0 saturated carbocycles. The van der Waals surface area contributed by atoms with Crippen molar-refractivity contribution in [1.82, 2.24) is 4.90 Å². The Morgan fingerprint density at radius 2 is 0.912 bits per heavy atom. The quantitative estimate of drug-likeness (QED) is 0.0884. The highest BCUT2D eigenvalue weighted by atomic mass is 15.1. The molecule has 0 rings (SSSR count). The Hall–Kier alpha value is -0.300. The van der Waals surface area contributed by atoms with Crippen LogP contribution in [0, 0.1) is 5.41 Å². The van der Waals surface area contributed by atoms with Gasteiger partial charge in [-0.25, -0.2) is 0 Å². The molecule has 0 heterocycles. The predicted molar refractivity (Wildman–Crippen MR) is 158 cm³/mol. The van der Waals surface area contributed by atoms with Gasteiger partial charge in [0.25, 0.3) is 0 Å². The highest BCUT2D eigenvalue weighted by Gasteiger charge is 2.09. The maximum absolute atomic E-state index is 4.44. The minimum atomic E-state index is 0.513. The fraction of sp³-hybridized carbons (Fsp3) is 0.939. The van der Waals surface area contributed by atoms with Gasteiger partial charge < -0.3 is 4.90 Å². The zero-order valence-electron chi connectivity index (χ0n) is 24.8. The molecule has 0 fully saturated rings. The lowest BCUT2D eigenvalue weighted by Gasteiger charge is -2.23. The Morgan fingerprint density at radius 1 is 0.500 bits per heavy atom.